The van der Waals surface area contributed by atoms with Crippen molar-refractivity contribution in [1.82, 2.24) is 4.90 Å². The molecule has 6 heteroatoms. The van der Waals surface area contributed by atoms with Gasteiger partial charge < -0.3 is 9.84 Å². The van der Waals surface area contributed by atoms with Crippen LogP contribution in [0, 0.1) is 5.92 Å². The minimum absolute atomic E-state index is 0.204. The van der Waals surface area contributed by atoms with E-state index in [1.807, 2.05) is 0 Å². The number of piperidine rings is 1. The summed E-state index contributed by atoms with van der Waals surface area (Å²) in [6.07, 6.45) is 1.39. The summed E-state index contributed by atoms with van der Waals surface area (Å²) in [7, 11) is 0. The normalized spacial score (nSPS) is 17.1. The average Bonchev–Trinajstić information content (AvgIpc) is 2.42. The van der Waals surface area contributed by atoms with Crippen molar-refractivity contribution < 1.29 is 14.6 Å². The second-order valence-corrected chi connectivity index (χ2v) is 5.67. The van der Waals surface area contributed by atoms with E-state index in [1.165, 1.54) is 0 Å². The molecule has 0 unspecified atom stereocenters. The molecule has 0 bridgehead atoms. The summed E-state index contributed by atoms with van der Waals surface area (Å²) in [5.74, 6) is -0.384. The van der Waals surface area contributed by atoms with Crippen LogP contribution in [0.3, 0.4) is 0 Å². The van der Waals surface area contributed by atoms with Crippen molar-refractivity contribution in [3.63, 3.8) is 0 Å². The Kier molecular flexibility index (Phi) is 5.52. The third kappa shape index (κ3) is 4.01. The number of carbonyl (C=O) groups is 1. The van der Waals surface area contributed by atoms with E-state index in [0.717, 1.165) is 19.6 Å². The highest BCUT2D eigenvalue weighted by Gasteiger charge is 2.24. The Bertz CT molecular complexity index is 453. The SMILES string of the molecule is O=C(O)C1CCN(CCOc2c(Cl)cccc2Cl)CC1. The molecule has 1 saturated heterocycles. The Hall–Kier alpha value is -0.970. The summed E-state index contributed by atoms with van der Waals surface area (Å²) >= 11 is 12.0. The van der Waals surface area contributed by atoms with Crippen LogP contribution in [0.15, 0.2) is 18.2 Å². The van der Waals surface area contributed by atoms with Crippen molar-refractivity contribution in [2.75, 3.05) is 26.2 Å². The van der Waals surface area contributed by atoms with Gasteiger partial charge in [-0.2, -0.15) is 0 Å². The molecule has 0 aliphatic carbocycles. The minimum Gasteiger partial charge on any atom is -0.489 e. The number of nitrogens with zero attached hydrogens (tertiary/aromatic N) is 1. The molecule has 20 heavy (non-hydrogen) atoms. The van der Waals surface area contributed by atoms with Crippen LogP contribution in [0.1, 0.15) is 12.8 Å². The number of aliphatic carboxylic acids is 1. The first-order chi connectivity index (χ1) is 9.58. The average molecular weight is 318 g/mol. The van der Waals surface area contributed by atoms with Gasteiger partial charge in [0.05, 0.1) is 16.0 Å². The molecule has 1 aromatic rings. The molecule has 110 valence electrons. The first kappa shape index (κ1) is 15.4. The maximum absolute atomic E-state index is 10.9. The van der Waals surface area contributed by atoms with Crippen molar-refractivity contribution in [3.05, 3.63) is 28.2 Å². The second kappa shape index (κ2) is 7.16. The predicted octanol–water partition coefficient (Wildman–Crippen LogP) is 3.17. The molecule has 0 aromatic heterocycles. The first-order valence-electron chi connectivity index (χ1n) is 6.60. The topological polar surface area (TPSA) is 49.8 Å². The van der Waals surface area contributed by atoms with E-state index in [-0.39, 0.29) is 5.92 Å². The van der Waals surface area contributed by atoms with Gasteiger partial charge in [-0.3, -0.25) is 9.69 Å². The molecule has 0 atom stereocenters. The Morgan fingerprint density at radius 1 is 1.30 bits per heavy atom. The summed E-state index contributed by atoms with van der Waals surface area (Å²) in [5, 5.41) is 9.94. The fourth-order valence-electron chi connectivity index (χ4n) is 2.30. The first-order valence-corrected chi connectivity index (χ1v) is 7.35. The lowest BCUT2D eigenvalue weighted by Crippen LogP contribution is -2.38. The van der Waals surface area contributed by atoms with Gasteiger partial charge in [0.2, 0.25) is 0 Å². The lowest BCUT2D eigenvalue weighted by molar-refractivity contribution is -0.143. The standard InChI is InChI=1S/C14H17Cl2NO3/c15-11-2-1-3-12(16)13(11)20-9-8-17-6-4-10(5-7-17)14(18)19/h1-3,10H,4-9H2,(H,18,19). The van der Waals surface area contributed by atoms with E-state index >= 15 is 0 Å². The van der Waals surface area contributed by atoms with Gasteiger partial charge in [-0.1, -0.05) is 29.3 Å². The zero-order valence-electron chi connectivity index (χ0n) is 11.0. The van der Waals surface area contributed by atoms with Gasteiger partial charge in [0.25, 0.3) is 0 Å². The maximum atomic E-state index is 10.9. The molecule has 1 aromatic carbocycles. The number of ether oxygens (including phenoxy) is 1. The number of likely N-dealkylation sites (tertiary alicyclic amines) is 1. The predicted molar refractivity (Wildman–Crippen MR) is 78.8 cm³/mol. The fourth-order valence-corrected chi connectivity index (χ4v) is 2.81. The van der Waals surface area contributed by atoms with Crippen LogP contribution in [-0.4, -0.2) is 42.2 Å². The van der Waals surface area contributed by atoms with Gasteiger partial charge in [-0.25, -0.2) is 0 Å². The molecular formula is C14H17Cl2NO3. The summed E-state index contributed by atoms with van der Waals surface area (Å²) < 4.78 is 5.62. The molecule has 4 nitrogen and oxygen atoms in total. The van der Waals surface area contributed by atoms with Crippen molar-refractivity contribution in [1.29, 1.82) is 0 Å². The molecule has 1 aliphatic heterocycles. The Labute approximate surface area is 128 Å². The van der Waals surface area contributed by atoms with Crippen molar-refractivity contribution in [2.24, 2.45) is 5.92 Å². The third-order valence-corrected chi connectivity index (χ3v) is 4.10. The number of rotatable bonds is 5. The van der Waals surface area contributed by atoms with Crippen LogP contribution in [0.4, 0.5) is 0 Å². The molecule has 0 saturated carbocycles. The number of carboxylic acid groups (broad SMARTS) is 1. The number of halogens is 2. The lowest BCUT2D eigenvalue weighted by Gasteiger charge is -2.29. The zero-order valence-corrected chi connectivity index (χ0v) is 12.5. The van der Waals surface area contributed by atoms with Crippen LogP contribution >= 0.6 is 23.2 Å². The quantitative estimate of drug-likeness (QED) is 0.906. The Balaban J connectivity index is 1.76. The zero-order chi connectivity index (χ0) is 14.5. The van der Waals surface area contributed by atoms with Gasteiger partial charge in [-0.15, -0.1) is 0 Å². The molecular weight excluding hydrogens is 301 g/mol. The lowest BCUT2D eigenvalue weighted by atomic mass is 9.97. The minimum atomic E-state index is -0.691. The molecule has 1 aliphatic rings. The molecule has 0 amide bonds. The van der Waals surface area contributed by atoms with Crippen LogP contribution in [-0.2, 0) is 4.79 Å². The maximum Gasteiger partial charge on any atom is 0.306 e. The van der Waals surface area contributed by atoms with E-state index < -0.39 is 5.97 Å². The molecule has 0 spiro atoms. The second-order valence-electron chi connectivity index (χ2n) is 4.85. The Morgan fingerprint density at radius 2 is 1.90 bits per heavy atom. The summed E-state index contributed by atoms with van der Waals surface area (Å²) in [6, 6.07) is 5.25. The van der Waals surface area contributed by atoms with Crippen LogP contribution in [0.5, 0.6) is 5.75 Å². The van der Waals surface area contributed by atoms with E-state index in [1.54, 1.807) is 18.2 Å². The fraction of sp³-hybridized carbons (Fsp3) is 0.500. The third-order valence-electron chi connectivity index (χ3n) is 3.51. The van der Waals surface area contributed by atoms with E-state index in [4.69, 9.17) is 33.0 Å². The van der Waals surface area contributed by atoms with Crippen LogP contribution in [0.2, 0.25) is 10.0 Å². The number of hydrogen-bond acceptors (Lipinski definition) is 3. The van der Waals surface area contributed by atoms with Gasteiger partial charge in [0.1, 0.15) is 6.61 Å². The van der Waals surface area contributed by atoms with Gasteiger partial charge in [0.15, 0.2) is 5.75 Å². The van der Waals surface area contributed by atoms with Gasteiger partial charge in [-0.05, 0) is 38.1 Å². The van der Waals surface area contributed by atoms with Crippen LogP contribution < -0.4 is 4.74 Å². The number of hydrogen-bond donors (Lipinski definition) is 1. The highest BCUT2D eigenvalue weighted by molar-refractivity contribution is 6.37. The van der Waals surface area contributed by atoms with E-state index in [9.17, 15) is 4.79 Å². The number of para-hydroxylation sites is 1. The van der Waals surface area contributed by atoms with Crippen molar-refractivity contribution in [3.8, 4) is 5.75 Å². The smallest absolute Gasteiger partial charge is 0.306 e. The van der Waals surface area contributed by atoms with E-state index in [2.05, 4.69) is 4.90 Å². The summed E-state index contributed by atoms with van der Waals surface area (Å²) in [5.41, 5.74) is 0. The highest BCUT2D eigenvalue weighted by atomic mass is 35.5. The molecule has 2 rings (SSSR count). The van der Waals surface area contributed by atoms with Gasteiger partial charge >= 0.3 is 5.97 Å². The summed E-state index contributed by atoms with van der Waals surface area (Å²) in [4.78, 5) is 13.1. The highest BCUT2D eigenvalue weighted by Crippen LogP contribution is 2.32. The largest absolute Gasteiger partial charge is 0.489 e. The molecule has 1 N–H and O–H groups in total. The number of carboxylic acids is 1. The van der Waals surface area contributed by atoms with E-state index in [0.29, 0.717) is 35.2 Å². The van der Waals surface area contributed by atoms with Crippen molar-refractivity contribution in [2.45, 2.75) is 12.8 Å². The molecule has 1 fully saturated rings. The van der Waals surface area contributed by atoms with Crippen LogP contribution in [0.25, 0.3) is 0 Å². The monoisotopic (exact) mass is 317 g/mol. The Morgan fingerprint density at radius 3 is 2.45 bits per heavy atom. The summed E-state index contributed by atoms with van der Waals surface area (Å²) in [6.45, 7) is 2.81. The van der Waals surface area contributed by atoms with Gasteiger partial charge in [0, 0.05) is 6.54 Å². The molecule has 1 heterocycles. The number of benzene rings is 1. The molecule has 0 radical (unpaired) electrons. The van der Waals surface area contributed by atoms with Crippen molar-refractivity contribution >= 4 is 29.2 Å².